The summed E-state index contributed by atoms with van der Waals surface area (Å²) in [6.45, 7) is -0.128. The number of aromatic nitrogens is 2. The van der Waals surface area contributed by atoms with Crippen molar-refractivity contribution in [2.45, 2.75) is 31.4 Å². The molecule has 8 heteroatoms. The minimum absolute atomic E-state index is 0.0589. The minimum atomic E-state index is -4.21. The Kier molecular flexibility index (Phi) is 4.27. The summed E-state index contributed by atoms with van der Waals surface area (Å²) in [5.41, 5.74) is 2.57. The molecule has 4 rings (SSSR count). The van der Waals surface area contributed by atoms with Gasteiger partial charge in [0, 0.05) is 17.5 Å². The molecular formula is C18H17BrF3N4+. The minimum Gasteiger partial charge on any atom is -0.342 e. The first-order valence-electron chi connectivity index (χ1n) is 8.38. The van der Waals surface area contributed by atoms with Crippen molar-refractivity contribution >= 4 is 28.0 Å². The van der Waals surface area contributed by atoms with Gasteiger partial charge in [0.2, 0.25) is 0 Å². The molecule has 136 valence electrons. The number of H-pyrrole nitrogens is 1. The van der Waals surface area contributed by atoms with Crippen molar-refractivity contribution in [1.82, 2.24) is 14.5 Å². The second-order valence-electron chi connectivity index (χ2n) is 6.70. The van der Waals surface area contributed by atoms with Crippen LogP contribution < -0.4 is 4.48 Å². The van der Waals surface area contributed by atoms with E-state index < -0.39 is 12.6 Å². The van der Waals surface area contributed by atoms with Crippen molar-refractivity contribution in [2.24, 2.45) is 4.99 Å². The third-order valence-corrected chi connectivity index (χ3v) is 5.36. The summed E-state index contributed by atoms with van der Waals surface area (Å²) in [6, 6.07) is 5.65. The van der Waals surface area contributed by atoms with Crippen LogP contribution in [-0.2, 0) is 0 Å². The van der Waals surface area contributed by atoms with Crippen LogP contribution in [0.25, 0.3) is 11.3 Å². The quantitative estimate of drug-likeness (QED) is 0.632. The van der Waals surface area contributed by atoms with Crippen molar-refractivity contribution in [1.29, 1.82) is 0 Å². The lowest BCUT2D eigenvalue weighted by molar-refractivity contribution is -0.135. The Morgan fingerprint density at radius 2 is 2.08 bits per heavy atom. The SMILES string of the molecule is FC(F)(F)CC[N+]1(c2ccc(-c3cnc(C4CC4)[nH]3)cc2Br)C=CN=C1. The first-order valence-corrected chi connectivity index (χ1v) is 9.17. The lowest BCUT2D eigenvalue weighted by Gasteiger charge is -2.28. The van der Waals surface area contributed by atoms with Crippen LogP contribution in [0.15, 0.2) is 46.3 Å². The first-order chi connectivity index (χ1) is 12.4. The molecule has 0 radical (unpaired) electrons. The number of halogens is 4. The molecule has 2 aliphatic rings. The van der Waals surface area contributed by atoms with Gasteiger partial charge in [-0.1, -0.05) is 0 Å². The molecule has 4 nitrogen and oxygen atoms in total. The molecular weight excluding hydrogens is 409 g/mol. The maximum Gasteiger partial charge on any atom is 0.394 e. The molecule has 26 heavy (non-hydrogen) atoms. The second-order valence-corrected chi connectivity index (χ2v) is 7.56. The third-order valence-electron chi connectivity index (χ3n) is 4.72. The number of rotatable bonds is 5. The maximum absolute atomic E-state index is 12.8. The Hall–Kier alpha value is -1.93. The van der Waals surface area contributed by atoms with Crippen LogP contribution in [0, 0.1) is 0 Å². The third kappa shape index (κ3) is 3.48. The number of aliphatic imine (C=N–C) groups is 1. The van der Waals surface area contributed by atoms with E-state index in [-0.39, 0.29) is 11.0 Å². The summed E-state index contributed by atoms with van der Waals surface area (Å²) in [4.78, 5) is 11.8. The van der Waals surface area contributed by atoms with Crippen LogP contribution in [0.4, 0.5) is 18.9 Å². The van der Waals surface area contributed by atoms with E-state index in [1.54, 1.807) is 12.4 Å². The molecule has 2 aromatic rings. The lowest BCUT2D eigenvalue weighted by Crippen LogP contribution is -2.43. The van der Waals surface area contributed by atoms with Crippen LogP contribution >= 0.6 is 15.9 Å². The molecule has 1 fully saturated rings. The zero-order valence-corrected chi connectivity index (χ0v) is 15.4. The summed E-state index contributed by atoms with van der Waals surface area (Å²) < 4.78 is 38.9. The van der Waals surface area contributed by atoms with E-state index in [1.807, 2.05) is 18.2 Å². The number of aromatic amines is 1. The molecule has 1 aliphatic heterocycles. The van der Waals surface area contributed by atoms with Gasteiger partial charge >= 0.3 is 6.18 Å². The zero-order chi connectivity index (χ0) is 18.4. The van der Waals surface area contributed by atoms with E-state index in [4.69, 9.17) is 0 Å². The summed E-state index contributed by atoms with van der Waals surface area (Å²) in [5.74, 6) is 1.54. The van der Waals surface area contributed by atoms with Crippen LogP contribution in [0.5, 0.6) is 0 Å². The molecule has 1 aliphatic carbocycles. The second kappa shape index (κ2) is 6.35. The molecule has 0 bridgehead atoms. The Bertz CT molecular complexity index is 869. The van der Waals surface area contributed by atoms with Gasteiger partial charge in [-0.15, -0.1) is 0 Å². The first kappa shape index (κ1) is 17.5. The van der Waals surface area contributed by atoms with Gasteiger partial charge in [-0.3, -0.25) is 0 Å². The van der Waals surface area contributed by atoms with Gasteiger partial charge in [0.1, 0.15) is 18.6 Å². The van der Waals surface area contributed by atoms with Gasteiger partial charge in [-0.25, -0.2) is 14.5 Å². The van der Waals surface area contributed by atoms with Gasteiger partial charge in [-0.05, 0) is 40.9 Å². The summed E-state index contributed by atoms with van der Waals surface area (Å²) in [6.07, 6.45) is 3.79. The van der Waals surface area contributed by atoms with E-state index in [0.717, 1.165) is 27.2 Å². The normalized spacial score (nSPS) is 22.3. The Balaban J connectivity index is 1.63. The van der Waals surface area contributed by atoms with Crippen molar-refractivity contribution in [2.75, 3.05) is 6.54 Å². The predicted octanol–water partition coefficient (Wildman–Crippen LogP) is 5.49. The summed E-state index contributed by atoms with van der Waals surface area (Å²) in [5, 5.41) is 0. The van der Waals surface area contributed by atoms with Gasteiger partial charge in [0.05, 0.1) is 29.0 Å². The van der Waals surface area contributed by atoms with Crippen molar-refractivity contribution in [3.05, 3.63) is 47.1 Å². The standard InChI is InChI=1S/C18H17BrF3N4/c19-14-9-13(15-10-24-17(25-15)12-1-2-12)3-4-16(14)26(8-6-23-11-26)7-5-18(20,21)22/h3-4,6,8-12H,1-2,5,7H2,(H,24,25)/q+1. The smallest absolute Gasteiger partial charge is 0.342 e. The van der Waals surface area contributed by atoms with E-state index in [2.05, 4.69) is 30.9 Å². The van der Waals surface area contributed by atoms with Crippen molar-refractivity contribution < 1.29 is 13.2 Å². The highest BCUT2D eigenvalue weighted by atomic mass is 79.9. The van der Waals surface area contributed by atoms with Crippen molar-refractivity contribution in [3.63, 3.8) is 0 Å². The summed E-state index contributed by atoms with van der Waals surface area (Å²) in [7, 11) is 0. The molecule has 1 aromatic carbocycles. The van der Waals surface area contributed by atoms with Crippen LogP contribution in [0.3, 0.4) is 0 Å². The molecule has 0 amide bonds. The van der Waals surface area contributed by atoms with Gasteiger partial charge < -0.3 is 4.98 Å². The van der Waals surface area contributed by atoms with Crippen LogP contribution in [-0.4, -0.2) is 29.0 Å². The van der Waals surface area contributed by atoms with E-state index >= 15 is 0 Å². The predicted molar refractivity (Wildman–Crippen MR) is 98.7 cm³/mol. The highest BCUT2D eigenvalue weighted by Gasteiger charge is 2.38. The number of imidazole rings is 1. The van der Waals surface area contributed by atoms with Crippen LogP contribution in [0.1, 0.15) is 31.0 Å². The van der Waals surface area contributed by atoms with E-state index in [0.29, 0.717) is 5.92 Å². The van der Waals surface area contributed by atoms with E-state index in [9.17, 15) is 13.2 Å². The topological polar surface area (TPSA) is 41.0 Å². The van der Waals surface area contributed by atoms with E-state index in [1.165, 1.54) is 25.4 Å². The average Bonchev–Trinajstić information content (AvgIpc) is 3.13. The molecule has 2 heterocycles. The Labute approximate surface area is 157 Å². The fourth-order valence-electron chi connectivity index (χ4n) is 3.12. The number of hydrogen-bond donors (Lipinski definition) is 1. The largest absolute Gasteiger partial charge is 0.394 e. The van der Waals surface area contributed by atoms with Crippen LogP contribution in [0.2, 0.25) is 0 Å². The zero-order valence-electron chi connectivity index (χ0n) is 13.8. The van der Waals surface area contributed by atoms with Gasteiger partial charge in [-0.2, -0.15) is 13.2 Å². The molecule has 0 spiro atoms. The highest BCUT2D eigenvalue weighted by molar-refractivity contribution is 9.10. The number of nitrogens with one attached hydrogen (secondary N) is 1. The van der Waals surface area contributed by atoms with Crippen molar-refractivity contribution in [3.8, 4) is 11.3 Å². The average molecular weight is 426 g/mol. The monoisotopic (exact) mass is 425 g/mol. The molecule has 1 unspecified atom stereocenters. The fourth-order valence-corrected chi connectivity index (χ4v) is 3.83. The number of alkyl halides is 3. The number of benzene rings is 1. The number of hydrogen-bond acceptors (Lipinski definition) is 2. The maximum atomic E-state index is 12.8. The van der Waals surface area contributed by atoms with Gasteiger partial charge in [0.25, 0.3) is 0 Å². The fraction of sp³-hybridized carbons (Fsp3) is 0.333. The lowest BCUT2D eigenvalue weighted by atomic mass is 10.1. The summed E-state index contributed by atoms with van der Waals surface area (Å²) >= 11 is 3.53. The Morgan fingerprint density at radius 1 is 1.27 bits per heavy atom. The molecule has 1 N–H and O–H groups in total. The number of quaternary nitrogens is 1. The molecule has 1 atom stereocenters. The molecule has 0 saturated heterocycles. The number of nitrogens with zero attached hydrogens (tertiary/aromatic N) is 3. The highest BCUT2D eigenvalue weighted by Crippen LogP contribution is 2.40. The molecule has 1 aromatic heterocycles. The van der Waals surface area contributed by atoms with Gasteiger partial charge in [0.15, 0.2) is 12.0 Å². The molecule has 1 saturated carbocycles. The Morgan fingerprint density at radius 3 is 2.69 bits per heavy atom.